The molecule has 144 valence electrons. The Morgan fingerprint density at radius 1 is 0.731 bits per heavy atom. The smallest absolute Gasteiger partial charge is 0.549 e. The van der Waals surface area contributed by atoms with Crippen molar-refractivity contribution in [1.29, 1.82) is 0 Å². The van der Waals surface area contributed by atoms with Crippen LogP contribution in [0.1, 0.15) is 0 Å². The van der Waals surface area contributed by atoms with Crippen LogP contribution in [-0.4, -0.2) is 72.4 Å². The van der Waals surface area contributed by atoms with Gasteiger partial charge in [0, 0.05) is 23.0 Å². The molecule has 10 nitrogen and oxygen atoms in total. The minimum atomic E-state index is -3.92. The molecule has 0 heterocycles. The molecule has 0 fully saturated rings. The predicted octanol–water partition coefficient (Wildman–Crippen LogP) is -7.98. The van der Waals surface area contributed by atoms with Crippen molar-refractivity contribution in [3.8, 4) is 0 Å². The molecule has 0 aliphatic rings. The molecule has 0 unspecified atom stereocenters. The van der Waals surface area contributed by atoms with Gasteiger partial charge in [-0.05, 0) is 0 Å². The Morgan fingerprint density at radius 2 is 1.00 bits per heavy atom. The zero-order chi connectivity index (χ0) is 19.2. The second-order valence-electron chi connectivity index (χ2n) is 3.48. The average molecular weight is 525 g/mol. The Morgan fingerprint density at radius 3 is 1.19 bits per heavy atom. The summed E-state index contributed by atoms with van der Waals surface area (Å²) in [6.45, 7) is 0. The van der Waals surface area contributed by atoms with Gasteiger partial charge in [-0.25, -0.2) is 0 Å². The van der Waals surface area contributed by atoms with Crippen LogP contribution < -0.4 is 91.2 Å². The molecule has 0 bridgehead atoms. The van der Waals surface area contributed by atoms with Crippen molar-refractivity contribution in [2.45, 2.75) is 0 Å². The quantitative estimate of drug-likeness (QED) is 0.106. The summed E-state index contributed by atoms with van der Waals surface area (Å²) in [4.78, 5) is 19.7. The fraction of sp³-hybridized carbons (Fsp3) is 0.750. The van der Waals surface area contributed by atoms with Gasteiger partial charge in [-0.2, -0.15) is 16.8 Å². The van der Waals surface area contributed by atoms with E-state index in [1.54, 1.807) is 0 Å². The topological polar surface area (TPSA) is 189 Å². The molecule has 0 radical (unpaired) electrons. The second kappa shape index (κ2) is 21.0. The van der Waals surface area contributed by atoms with E-state index < -0.39 is 32.2 Å². The summed E-state index contributed by atoms with van der Waals surface area (Å²) in [6.07, 6.45) is 0. The van der Waals surface area contributed by atoms with E-state index in [1.807, 2.05) is 0 Å². The fourth-order valence-corrected chi connectivity index (χ4v) is 6.41. The van der Waals surface area contributed by atoms with E-state index in [-0.39, 0.29) is 115 Å². The first-order valence-corrected chi connectivity index (χ1v) is 13.8. The summed E-state index contributed by atoms with van der Waals surface area (Å²) in [5, 5.41) is 19.7. The van der Waals surface area contributed by atoms with Crippen LogP contribution in [0.2, 0.25) is 0 Å². The van der Waals surface area contributed by atoms with Crippen LogP contribution in [0.3, 0.4) is 0 Å². The van der Waals surface area contributed by atoms with Gasteiger partial charge in [0.25, 0.3) is 20.2 Å². The standard InChI is InChI=1S/2C4H8O5S3.K.Na/c2*5-4(6)3-11-10-1-2-12(7,8)9;;/h2*1-3H2,(H,5,6)(H,7,8,9);;/q;;2*+1/p-2. The van der Waals surface area contributed by atoms with Crippen molar-refractivity contribution in [1.82, 2.24) is 0 Å². The summed E-state index contributed by atoms with van der Waals surface area (Å²) in [5.41, 5.74) is 0. The first kappa shape index (κ1) is 36.2. The third-order valence-corrected chi connectivity index (χ3v) is 7.82. The molecule has 0 rings (SSSR count). The number of hydrogen-bond donors (Lipinski definition) is 2. The molecule has 0 amide bonds. The maximum absolute atomic E-state index is 10.1. The molecule has 0 aliphatic carbocycles. The van der Waals surface area contributed by atoms with Crippen LogP contribution in [0.5, 0.6) is 0 Å². The number of carboxylic acids is 2. The molecule has 0 aromatic rings. The normalized spacial score (nSPS) is 10.5. The minimum absolute atomic E-state index is 0. The van der Waals surface area contributed by atoms with E-state index in [9.17, 15) is 36.6 Å². The molecule has 0 aliphatic heterocycles. The summed E-state index contributed by atoms with van der Waals surface area (Å²) in [6, 6.07) is 0. The molecular weight excluding hydrogens is 511 g/mol. The minimum Gasteiger partial charge on any atom is -0.549 e. The molecule has 2 N–H and O–H groups in total. The molecule has 0 aromatic heterocycles. The van der Waals surface area contributed by atoms with Crippen LogP contribution >= 0.6 is 43.2 Å². The van der Waals surface area contributed by atoms with Crippen molar-refractivity contribution in [3.63, 3.8) is 0 Å². The molecule has 26 heavy (non-hydrogen) atoms. The Bertz CT molecular complexity index is 530. The molecule has 0 saturated heterocycles. The fourth-order valence-electron chi connectivity index (χ4n) is 0.576. The van der Waals surface area contributed by atoms with Crippen molar-refractivity contribution in [2.75, 3.05) is 34.5 Å². The van der Waals surface area contributed by atoms with E-state index >= 15 is 0 Å². The Labute approximate surface area is 232 Å². The van der Waals surface area contributed by atoms with Crippen molar-refractivity contribution >= 4 is 75.4 Å². The van der Waals surface area contributed by atoms with Gasteiger partial charge < -0.3 is 19.8 Å². The van der Waals surface area contributed by atoms with Crippen LogP contribution in [-0.2, 0) is 29.8 Å². The van der Waals surface area contributed by atoms with Gasteiger partial charge >= 0.3 is 80.9 Å². The molecular formula is C8H14KNaO10S6. The van der Waals surface area contributed by atoms with Gasteiger partial charge in [0.15, 0.2) is 0 Å². The van der Waals surface area contributed by atoms with Gasteiger partial charge in [-0.1, -0.05) is 43.2 Å². The monoisotopic (exact) mass is 524 g/mol. The third kappa shape index (κ3) is 41.2. The van der Waals surface area contributed by atoms with Gasteiger partial charge in [0.2, 0.25) is 0 Å². The second-order valence-corrected chi connectivity index (χ2v) is 11.8. The van der Waals surface area contributed by atoms with Gasteiger partial charge in [-0.3, -0.25) is 9.11 Å². The Kier molecular flexibility index (Phi) is 29.3. The van der Waals surface area contributed by atoms with E-state index in [4.69, 9.17) is 9.11 Å². The third-order valence-electron chi connectivity index (χ3n) is 1.37. The SMILES string of the molecule is O=C([O-])CSSCCS(=O)(=O)O.O=C([O-])CSSCCS(=O)(=O)O.[K+].[Na+]. The van der Waals surface area contributed by atoms with Crippen LogP contribution in [0.4, 0.5) is 0 Å². The molecule has 0 atom stereocenters. The van der Waals surface area contributed by atoms with Gasteiger partial charge in [-0.15, -0.1) is 0 Å². The maximum atomic E-state index is 10.1. The molecule has 0 saturated carbocycles. The summed E-state index contributed by atoms with van der Waals surface area (Å²) < 4.78 is 57.0. The van der Waals surface area contributed by atoms with Crippen molar-refractivity contribution in [3.05, 3.63) is 0 Å². The summed E-state index contributed by atoms with van der Waals surface area (Å²) in [5.74, 6) is -3.16. The van der Waals surface area contributed by atoms with Crippen LogP contribution in [0.15, 0.2) is 0 Å². The van der Waals surface area contributed by atoms with Gasteiger partial charge in [0.05, 0.1) is 23.4 Å². The predicted molar refractivity (Wildman–Crippen MR) is 92.7 cm³/mol. The van der Waals surface area contributed by atoms with Crippen LogP contribution in [0, 0.1) is 0 Å². The van der Waals surface area contributed by atoms with Gasteiger partial charge in [0.1, 0.15) is 0 Å². The average Bonchev–Trinajstić information content (AvgIpc) is 2.35. The van der Waals surface area contributed by atoms with E-state index in [2.05, 4.69) is 0 Å². The molecule has 18 heteroatoms. The number of carboxylic acid groups (broad SMARTS) is 2. The van der Waals surface area contributed by atoms with Crippen molar-refractivity contribution in [2.24, 2.45) is 0 Å². The number of aliphatic carboxylic acids is 2. The number of carbonyl (C=O) groups excluding carboxylic acids is 2. The van der Waals surface area contributed by atoms with E-state index in [0.29, 0.717) is 0 Å². The molecule has 0 aromatic carbocycles. The van der Waals surface area contributed by atoms with E-state index in [1.165, 1.54) is 0 Å². The summed E-state index contributed by atoms with van der Waals surface area (Å²) >= 11 is 0. The Balaban J connectivity index is -0.000000173. The zero-order valence-electron chi connectivity index (χ0n) is 13.9. The maximum Gasteiger partial charge on any atom is 1.00 e. The summed E-state index contributed by atoms with van der Waals surface area (Å²) in [7, 11) is -3.75. The first-order chi connectivity index (χ1) is 10.8. The van der Waals surface area contributed by atoms with E-state index in [0.717, 1.165) is 43.2 Å². The zero-order valence-corrected chi connectivity index (χ0v) is 23.9. The Hall–Kier alpha value is 2.80. The largest absolute Gasteiger partial charge is 1.00 e. The molecule has 0 spiro atoms. The number of rotatable bonds is 12. The number of hydrogen-bond acceptors (Lipinski definition) is 12. The van der Waals surface area contributed by atoms with Crippen molar-refractivity contribution < 1.29 is 127 Å². The number of carbonyl (C=O) groups is 2. The van der Waals surface area contributed by atoms with Crippen LogP contribution in [0.25, 0.3) is 0 Å². The first-order valence-electron chi connectivity index (χ1n) is 5.62.